The second-order valence-electron chi connectivity index (χ2n) is 6.93. The number of imidazole rings is 1. The molecule has 0 bridgehead atoms. The highest BCUT2D eigenvalue weighted by Crippen LogP contribution is 2.35. The Kier molecular flexibility index (Phi) is 4.74. The first-order valence-electron chi connectivity index (χ1n) is 7.88. The highest BCUT2D eigenvalue weighted by atomic mass is 15.2. The van der Waals surface area contributed by atoms with Gasteiger partial charge in [0.05, 0.1) is 5.69 Å². The SMILES string of the molecule is Cc1cn(CC2(N(C)C)CCCC2)c(NCC(C)C)n1. The Bertz CT molecular complexity index is 428. The molecule has 0 unspecified atom stereocenters. The van der Waals surface area contributed by atoms with Crippen molar-refractivity contribution in [1.82, 2.24) is 14.5 Å². The Balaban J connectivity index is 2.15. The number of likely N-dealkylation sites (N-methyl/N-ethyl adjacent to an activating group) is 1. The first kappa shape index (κ1) is 15.4. The van der Waals surface area contributed by atoms with E-state index in [1.54, 1.807) is 0 Å². The van der Waals surface area contributed by atoms with E-state index < -0.39 is 0 Å². The van der Waals surface area contributed by atoms with Crippen LogP contribution < -0.4 is 5.32 Å². The molecule has 1 aliphatic rings. The second kappa shape index (κ2) is 6.17. The molecule has 1 saturated carbocycles. The molecule has 0 amide bonds. The molecule has 1 aromatic rings. The lowest BCUT2D eigenvalue weighted by Gasteiger charge is -2.37. The monoisotopic (exact) mass is 278 g/mol. The van der Waals surface area contributed by atoms with Gasteiger partial charge in [0.15, 0.2) is 0 Å². The predicted molar refractivity (Wildman–Crippen MR) is 85.2 cm³/mol. The summed E-state index contributed by atoms with van der Waals surface area (Å²) in [6.07, 6.45) is 7.47. The van der Waals surface area contributed by atoms with Crippen LogP contribution in [0.1, 0.15) is 45.2 Å². The molecule has 0 saturated heterocycles. The summed E-state index contributed by atoms with van der Waals surface area (Å²) in [5, 5.41) is 3.50. The molecule has 1 fully saturated rings. The molecule has 0 atom stereocenters. The molecule has 4 heteroatoms. The molecular formula is C16H30N4. The minimum absolute atomic E-state index is 0.307. The quantitative estimate of drug-likeness (QED) is 0.868. The zero-order chi connectivity index (χ0) is 14.8. The van der Waals surface area contributed by atoms with Crippen LogP contribution in [0.25, 0.3) is 0 Å². The smallest absolute Gasteiger partial charge is 0.203 e. The molecule has 114 valence electrons. The highest BCUT2D eigenvalue weighted by Gasteiger charge is 2.36. The van der Waals surface area contributed by atoms with Gasteiger partial charge in [-0.1, -0.05) is 26.7 Å². The topological polar surface area (TPSA) is 33.1 Å². The van der Waals surface area contributed by atoms with Crippen molar-refractivity contribution in [2.45, 2.75) is 58.5 Å². The summed E-state index contributed by atoms with van der Waals surface area (Å²) in [5.74, 6) is 1.67. The summed E-state index contributed by atoms with van der Waals surface area (Å²) in [5.41, 5.74) is 1.41. The fourth-order valence-corrected chi connectivity index (χ4v) is 3.20. The molecule has 4 nitrogen and oxygen atoms in total. The van der Waals surface area contributed by atoms with Crippen molar-refractivity contribution in [3.05, 3.63) is 11.9 Å². The van der Waals surface area contributed by atoms with Crippen LogP contribution >= 0.6 is 0 Å². The lowest BCUT2D eigenvalue weighted by atomic mass is 9.96. The molecule has 20 heavy (non-hydrogen) atoms. The van der Waals surface area contributed by atoms with Crippen LogP contribution in [0.4, 0.5) is 5.95 Å². The third-order valence-electron chi connectivity index (χ3n) is 4.51. The molecule has 0 aromatic carbocycles. The van der Waals surface area contributed by atoms with Crippen LogP contribution in [0.5, 0.6) is 0 Å². The van der Waals surface area contributed by atoms with E-state index in [4.69, 9.17) is 0 Å². The summed E-state index contributed by atoms with van der Waals surface area (Å²) in [7, 11) is 4.44. The summed E-state index contributed by atoms with van der Waals surface area (Å²) in [4.78, 5) is 7.07. The molecule has 1 aromatic heterocycles. The van der Waals surface area contributed by atoms with Gasteiger partial charge in [0.2, 0.25) is 5.95 Å². The first-order valence-corrected chi connectivity index (χ1v) is 7.88. The Morgan fingerprint density at radius 2 is 2.00 bits per heavy atom. The first-order chi connectivity index (χ1) is 9.43. The molecule has 1 heterocycles. The van der Waals surface area contributed by atoms with Gasteiger partial charge >= 0.3 is 0 Å². The van der Waals surface area contributed by atoms with E-state index in [-0.39, 0.29) is 0 Å². The van der Waals surface area contributed by atoms with Crippen molar-refractivity contribution >= 4 is 5.95 Å². The van der Waals surface area contributed by atoms with Crippen LogP contribution in [-0.4, -0.2) is 40.6 Å². The number of aromatic nitrogens is 2. The average Bonchev–Trinajstić information content (AvgIpc) is 2.95. The minimum atomic E-state index is 0.307. The maximum Gasteiger partial charge on any atom is 0.203 e. The highest BCUT2D eigenvalue weighted by molar-refractivity contribution is 5.29. The number of aryl methyl sites for hydroxylation is 1. The van der Waals surface area contributed by atoms with Gasteiger partial charge in [-0.15, -0.1) is 0 Å². The van der Waals surface area contributed by atoms with Crippen LogP contribution in [0.15, 0.2) is 6.20 Å². The zero-order valence-corrected chi connectivity index (χ0v) is 13.7. The molecule has 1 N–H and O–H groups in total. The standard InChI is InChI=1S/C16H30N4/c1-13(2)10-17-15-18-14(3)11-20(15)12-16(19(4)5)8-6-7-9-16/h11,13H,6-10,12H2,1-5H3,(H,17,18). The number of hydrogen-bond acceptors (Lipinski definition) is 3. The molecule has 2 rings (SSSR count). The van der Waals surface area contributed by atoms with E-state index >= 15 is 0 Å². The van der Waals surface area contributed by atoms with Gasteiger partial charge in [-0.3, -0.25) is 0 Å². The van der Waals surface area contributed by atoms with Gasteiger partial charge in [-0.25, -0.2) is 4.98 Å². The van der Waals surface area contributed by atoms with Gasteiger partial charge in [-0.2, -0.15) is 0 Å². The third kappa shape index (κ3) is 3.35. The van der Waals surface area contributed by atoms with Crippen molar-refractivity contribution in [3.63, 3.8) is 0 Å². The minimum Gasteiger partial charge on any atom is -0.355 e. The Morgan fingerprint density at radius 1 is 1.35 bits per heavy atom. The van der Waals surface area contributed by atoms with E-state index in [1.807, 2.05) is 0 Å². The molecule has 0 radical (unpaired) electrons. The Hall–Kier alpha value is -1.03. The van der Waals surface area contributed by atoms with Gasteiger partial charge in [0, 0.05) is 24.8 Å². The number of hydrogen-bond donors (Lipinski definition) is 1. The van der Waals surface area contributed by atoms with Crippen molar-refractivity contribution in [3.8, 4) is 0 Å². The van der Waals surface area contributed by atoms with Gasteiger partial charge < -0.3 is 14.8 Å². The predicted octanol–water partition coefficient (Wildman–Crippen LogP) is 3.13. The normalized spacial score (nSPS) is 18.1. The number of nitrogens with one attached hydrogen (secondary N) is 1. The Morgan fingerprint density at radius 3 is 2.55 bits per heavy atom. The van der Waals surface area contributed by atoms with Crippen LogP contribution in [0.2, 0.25) is 0 Å². The Labute approximate surface area is 123 Å². The van der Waals surface area contributed by atoms with E-state index in [2.05, 4.69) is 60.8 Å². The lowest BCUT2D eigenvalue weighted by molar-refractivity contribution is 0.134. The van der Waals surface area contributed by atoms with E-state index in [0.29, 0.717) is 11.5 Å². The van der Waals surface area contributed by atoms with Crippen molar-refractivity contribution in [2.75, 3.05) is 26.0 Å². The summed E-state index contributed by atoms with van der Waals surface area (Å²) in [6, 6.07) is 0. The fourth-order valence-electron chi connectivity index (χ4n) is 3.20. The summed E-state index contributed by atoms with van der Waals surface area (Å²) < 4.78 is 2.32. The van der Waals surface area contributed by atoms with Gasteiger partial charge in [0.25, 0.3) is 0 Å². The van der Waals surface area contributed by atoms with Crippen molar-refractivity contribution < 1.29 is 0 Å². The van der Waals surface area contributed by atoms with Crippen LogP contribution in [-0.2, 0) is 6.54 Å². The lowest BCUT2D eigenvalue weighted by Crippen LogP contribution is -2.45. The number of anilines is 1. The number of rotatable bonds is 6. The van der Waals surface area contributed by atoms with E-state index in [9.17, 15) is 0 Å². The zero-order valence-electron chi connectivity index (χ0n) is 13.7. The second-order valence-corrected chi connectivity index (χ2v) is 6.93. The largest absolute Gasteiger partial charge is 0.355 e. The third-order valence-corrected chi connectivity index (χ3v) is 4.51. The molecule has 1 aliphatic carbocycles. The van der Waals surface area contributed by atoms with Crippen molar-refractivity contribution in [1.29, 1.82) is 0 Å². The molecular weight excluding hydrogens is 248 g/mol. The van der Waals surface area contributed by atoms with E-state index in [0.717, 1.165) is 24.7 Å². The van der Waals surface area contributed by atoms with Crippen LogP contribution in [0, 0.1) is 12.8 Å². The summed E-state index contributed by atoms with van der Waals surface area (Å²) in [6.45, 7) is 8.55. The molecule has 0 spiro atoms. The average molecular weight is 278 g/mol. The maximum absolute atomic E-state index is 4.65. The van der Waals surface area contributed by atoms with Gasteiger partial charge in [-0.05, 0) is 39.8 Å². The van der Waals surface area contributed by atoms with Crippen molar-refractivity contribution in [2.24, 2.45) is 5.92 Å². The summed E-state index contributed by atoms with van der Waals surface area (Å²) >= 11 is 0. The molecule has 0 aliphatic heterocycles. The number of nitrogens with zero attached hydrogens (tertiary/aromatic N) is 3. The van der Waals surface area contributed by atoms with Crippen LogP contribution in [0.3, 0.4) is 0 Å². The van der Waals surface area contributed by atoms with Gasteiger partial charge in [0.1, 0.15) is 0 Å². The van der Waals surface area contributed by atoms with E-state index in [1.165, 1.54) is 25.7 Å². The fraction of sp³-hybridized carbons (Fsp3) is 0.812. The maximum atomic E-state index is 4.65.